The summed E-state index contributed by atoms with van der Waals surface area (Å²) in [5.74, 6) is 0. The second-order valence-electron chi connectivity index (χ2n) is 4.54. The van der Waals surface area contributed by atoms with Gasteiger partial charge in [0.05, 0.1) is 5.60 Å². The Kier molecular flexibility index (Phi) is 3.14. The van der Waals surface area contributed by atoms with Crippen molar-refractivity contribution in [2.45, 2.75) is 44.2 Å². The van der Waals surface area contributed by atoms with Gasteiger partial charge >= 0.3 is 0 Å². The van der Waals surface area contributed by atoms with Gasteiger partial charge in [-0.3, -0.25) is 0 Å². The average molecular weight is 225 g/mol. The van der Waals surface area contributed by atoms with Crippen molar-refractivity contribution in [3.63, 3.8) is 0 Å². The maximum Gasteiger partial charge on any atom is 0.0696 e. The zero-order chi connectivity index (χ0) is 10.9. The fraction of sp³-hybridized carbons (Fsp3) is 0.667. The first-order valence-corrected chi connectivity index (χ1v) is 6.39. The van der Waals surface area contributed by atoms with E-state index in [1.165, 1.54) is 29.7 Å². The molecule has 1 atom stereocenters. The van der Waals surface area contributed by atoms with Gasteiger partial charge in [-0.05, 0) is 49.6 Å². The number of thiophene rings is 1. The Hall–Kier alpha value is -0.380. The standard InChI is InChI=1S/C12H19NOS/c1-9-6-10(8-15-9)11(13)7-12(14-2)4-3-5-12/h6,8,11H,3-5,7,13H2,1-2H3. The van der Waals surface area contributed by atoms with Gasteiger partial charge in [0.15, 0.2) is 0 Å². The highest BCUT2D eigenvalue weighted by Crippen LogP contribution is 2.41. The molecule has 1 saturated carbocycles. The molecule has 0 spiro atoms. The third-order valence-corrected chi connectivity index (χ3v) is 4.35. The van der Waals surface area contributed by atoms with Crippen LogP contribution in [-0.4, -0.2) is 12.7 Å². The fourth-order valence-electron chi connectivity index (χ4n) is 2.24. The predicted molar refractivity (Wildman–Crippen MR) is 64.2 cm³/mol. The van der Waals surface area contributed by atoms with Crippen LogP contribution in [-0.2, 0) is 4.74 Å². The van der Waals surface area contributed by atoms with Crippen LogP contribution in [0.3, 0.4) is 0 Å². The summed E-state index contributed by atoms with van der Waals surface area (Å²) in [5, 5.41) is 2.17. The van der Waals surface area contributed by atoms with Crippen LogP contribution in [0.2, 0.25) is 0 Å². The zero-order valence-corrected chi connectivity index (χ0v) is 10.3. The molecule has 1 aromatic rings. The molecule has 2 nitrogen and oxygen atoms in total. The van der Waals surface area contributed by atoms with E-state index in [9.17, 15) is 0 Å². The number of nitrogens with two attached hydrogens (primary N) is 1. The fourth-order valence-corrected chi connectivity index (χ4v) is 3.01. The normalized spacial score (nSPS) is 21.0. The van der Waals surface area contributed by atoms with Crippen molar-refractivity contribution in [2.75, 3.05) is 7.11 Å². The van der Waals surface area contributed by atoms with Gasteiger partial charge in [-0.2, -0.15) is 0 Å². The van der Waals surface area contributed by atoms with E-state index in [4.69, 9.17) is 10.5 Å². The lowest BCUT2D eigenvalue weighted by Gasteiger charge is -2.42. The summed E-state index contributed by atoms with van der Waals surface area (Å²) in [6.07, 6.45) is 4.57. The largest absolute Gasteiger partial charge is 0.378 e. The number of ether oxygens (including phenoxy) is 1. The number of hydrogen-bond acceptors (Lipinski definition) is 3. The van der Waals surface area contributed by atoms with Crippen LogP contribution in [0, 0.1) is 6.92 Å². The molecule has 1 aromatic heterocycles. The molecule has 0 amide bonds. The maximum atomic E-state index is 6.21. The Morgan fingerprint density at radius 3 is 2.73 bits per heavy atom. The average Bonchev–Trinajstić information content (AvgIpc) is 2.58. The first-order chi connectivity index (χ1) is 7.15. The van der Waals surface area contributed by atoms with E-state index in [0.29, 0.717) is 0 Å². The molecule has 2 rings (SSSR count). The van der Waals surface area contributed by atoms with Crippen LogP contribution in [0.25, 0.3) is 0 Å². The van der Waals surface area contributed by atoms with Crippen LogP contribution in [0.4, 0.5) is 0 Å². The minimum absolute atomic E-state index is 0.0786. The topological polar surface area (TPSA) is 35.2 Å². The molecule has 15 heavy (non-hydrogen) atoms. The van der Waals surface area contributed by atoms with Gasteiger partial charge in [0, 0.05) is 18.0 Å². The van der Waals surface area contributed by atoms with Gasteiger partial charge in [-0.1, -0.05) is 0 Å². The SMILES string of the molecule is COC1(CC(N)c2csc(C)c2)CCC1. The monoisotopic (exact) mass is 225 g/mol. The lowest BCUT2D eigenvalue weighted by molar-refractivity contribution is -0.0816. The lowest BCUT2D eigenvalue weighted by atomic mass is 9.75. The summed E-state index contributed by atoms with van der Waals surface area (Å²) < 4.78 is 5.60. The van der Waals surface area contributed by atoms with Gasteiger partial charge < -0.3 is 10.5 Å². The van der Waals surface area contributed by atoms with E-state index < -0.39 is 0 Å². The smallest absolute Gasteiger partial charge is 0.0696 e. The van der Waals surface area contributed by atoms with E-state index in [1.807, 2.05) is 7.11 Å². The van der Waals surface area contributed by atoms with E-state index in [2.05, 4.69) is 18.4 Å². The first kappa shape index (κ1) is 11.1. The van der Waals surface area contributed by atoms with Crippen LogP contribution in [0.1, 0.15) is 42.2 Å². The Balaban J connectivity index is 1.99. The quantitative estimate of drug-likeness (QED) is 0.855. The minimum Gasteiger partial charge on any atom is -0.378 e. The van der Waals surface area contributed by atoms with E-state index in [-0.39, 0.29) is 11.6 Å². The summed E-state index contributed by atoms with van der Waals surface area (Å²) in [5.41, 5.74) is 7.55. The van der Waals surface area contributed by atoms with Crippen molar-refractivity contribution in [1.29, 1.82) is 0 Å². The van der Waals surface area contributed by atoms with E-state index in [0.717, 1.165) is 6.42 Å². The van der Waals surface area contributed by atoms with Crippen molar-refractivity contribution < 1.29 is 4.74 Å². The molecule has 1 heterocycles. The van der Waals surface area contributed by atoms with Crippen LogP contribution in [0.15, 0.2) is 11.4 Å². The van der Waals surface area contributed by atoms with Crippen molar-refractivity contribution in [3.8, 4) is 0 Å². The first-order valence-electron chi connectivity index (χ1n) is 5.51. The van der Waals surface area contributed by atoms with Crippen molar-refractivity contribution in [3.05, 3.63) is 21.9 Å². The molecule has 0 radical (unpaired) electrons. The summed E-state index contributed by atoms with van der Waals surface area (Å²) in [6.45, 7) is 2.12. The van der Waals surface area contributed by atoms with Gasteiger partial charge in [-0.15, -0.1) is 11.3 Å². The summed E-state index contributed by atoms with van der Waals surface area (Å²) in [6, 6.07) is 2.33. The third-order valence-electron chi connectivity index (χ3n) is 3.47. The highest BCUT2D eigenvalue weighted by molar-refractivity contribution is 7.10. The number of rotatable bonds is 4. The molecule has 1 aliphatic rings. The van der Waals surface area contributed by atoms with Crippen molar-refractivity contribution in [1.82, 2.24) is 0 Å². The van der Waals surface area contributed by atoms with E-state index >= 15 is 0 Å². The van der Waals surface area contributed by atoms with Gasteiger partial charge in [0.2, 0.25) is 0 Å². The van der Waals surface area contributed by atoms with Gasteiger partial charge in [0.25, 0.3) is 0 Å². The van der Waals surface area contributed by atoms with Crippen LogP contribution < -0.4 is 5.73 Å². The number of hydrogen-bond donors (Lipinski definition) is 1. The van der Waals surface area contributed by atoms with Gasteiger partial charge in [-0.25, -0.2) is 0 Å². The van der Waals surface area contributed by atoms with Crippen LogP contribution >= 0.6 is 11.3 Å². The Bertz CT molecular complexity index is 325. The molecular weight excluding hydrogens is 206 g/mol. The summed E-state index contributed by atoms with van der Waals surface area (Å²) >= 11 is 1.77. The highest BCUT2D eigenvalue weighted by atomic mass is 32.1. The third kappa shape index (κ3) is 2.25. The maximum absolute atomic E-state index is 6.21. The second kappa shape index (κ2) is 4.24. The molecule has 2 N–H and O–H groups in total. The lowest BCUT2D eigenvalue weighted by Crippen LogP contribution is -2.41. The summed E-state index contributed by atoms with van der Waals surface area (Å²) in [4.78, 5) is 1.33. The Morgan fingerprint density at radius 2 is 2.33 bits per heavy atom. The number of aryl methyl sites for hydroxylation is 1. The Labute approximate surface area is 95.4 Å². The molecule has 1 fully saturated rings. The minimum atomic E-state index is 0.0786. The summed E-state index contributed by atoms with van der Waals surface area (Å²) in [7, 11) is 1.81. The molecule has 0 saturated heterocycles. The molecule has 0 aliphatic heterocycles. The molecule has 0 aromatic carbocycles. The predicted octanol–water partition coefficient (Wildman–Crippen LogP) is 3.02. The molecule has 3 heteroatoms. The Morgan fingerprint density at radius 1 is 1.60 bits per heavy atom. The molecule has 1 unspecified atom stereocenters. The molecular formula is C12H19NOS. The highest BCUT2D eigenvalue weighted by Gasteiger charge is 2.38. The second-order valence-corrected chi connectivity index (χ2v) is 5.66. The number of methoxy groups -OCH3 is 1. The van der Waals surface area contributed by atoms with Crippen molar-refractivity contribution >= 4 is 11.3 Å². The molecule has 1 aliphatic carbocycles. The molecule has 0 bridgehead atoms. The van der Waals surface area contributed by atoms with E-state index in [1.54, 1.807) is 11.3 Å². The van der Waals surface area contributed by atoms with Crippen molar-refractivity contribution in [2.24, 2.45) is 5.73 Å². The molecule has 84 valence electrons. The zero-order valence-electron chi connectivity index (χ0n) is 9.45. The van der Waals surface area contributed by atoms with Gasteiger partial charge in [0.1, 0.15) is 0 Å². The van der Waals surface area contributed by atoms with Crippen LogP contribution in [0.5, 0.6) is 0 Å².